The number of nitrogens with one attached hydrogen (secondary N) is 1. The predicted octanol–water partition coefficient (Wildman–Crippen LogP) is 2.46. The molecule has 0 aliphatic rings. The van der Waals surface area contributed by atoms with E-state index in [1.54, 1.807) is 24.5 Å². The van der Waals surface area contributed by atoms with Gasteiger partial charge in [0, 0.05) is 12.4 Å². The fraction of sp³-hybridized carbons (Fsp3) is 0. The van der Waals surface area contributed by atoms with E-state index < -0.39 is 0 Å². The molecule has 2 rings (SSSR count). The molecule has 1 aromatic carbocycles. The van der Waals surface area contributed by atoms with E-state index in [1.807, 2.05) is 12.1 Å². The fourth-order valence-corrected chi connectivity index (χ4v) is 1.30. The molecule has 0 aliphatic heterocycles. The van der Waals surface area contributed by atoms with Crippen LogP contribution in [0.25, 0.3) is 0 Å². The number of nitrogen functional groups attached to an aromatic ring is 1. The number of anilines is 3. The van der Waals surface area contributed by atoms with E-state index in [4.69, 9.17) is 17.3 Å². The molecule has 15 heavy (non-hydrogen) atoms. The number of nitrogens with zero attached hydrogens (tertiary/aromatic N) is 2. The number of benzene rings is 1. The summed E-state index contributed by atoms with van der Waals surface area (Å²) in [5.41, 5.74) is 6.88. The quantitative estimate of drug-likeness (QED) is 0.764. The Hall–Kier alpha value is -1.81. The second-order valence-corrected chi connectivity index (χ2v) is 3.28. The third kappa shape index (κ3) is 2.16. The van der Waals surface area contributed by atoms with Crippen LogP contribution >= 0.6 is 11.6 Å². The van der Waals surface area contributed by atoms with E-state index in [1.165, 1.54) is 0 Å². The summed E-state index contributed by atoms with van der Waals surface area (Å²) in [6, 6.07) is 7.10. The maximum absolute atomic E-state index is 6.00. The van der Waals surface area contributed by atoms with E-state index in [2.05, 4.69) is 15.3 Å². The second kappa shape index (κ2) is 4.14. The summed E-state index contributed by atoms with van der Waals surface area (Å²) in [6.07, 6.45) is 3.30. The Kier molecular flexibility index (Phi) is 2.69. The highest BCUT2D eigenvalue weighted by Crippen LogP contribution is 2.28. The molecule has 0 radical (unpaired) electrons. The summed E-state index contributed by atoms with van der Waals surface area (Å²) in [5.74, 6) is 0.491. The highest BCUT2D eigenvalue weighted by molar-refractivity contribution is 6.35. The number of aromatic nitrogens is 2. The van der Waals surface area contributed by atoms with Crippen LogP contribution in [0.1, 0.15) is 0 Å². The average molecular weight is 221 g/mol. The number of halogens is 1. The summed E-state index contributed by atoms with van der Waals surface area (Å²) in [5, 5.41) is 3.46. The van der Waals surface area contributed by atoms with Crippen molar-refractivity contribution >= 4 is 28.9 Å². The van der Waals surface area contributed by atoms with Crippen LogP contribution in [0.15, 0.2) is 36.7 Å². The Balaban J connectivity index is 2.29. The maximum atomic E-state index is 6.00. The predicted molar refractivity (Wildman–Crippen MR) is 61.2 cm³/mol. The van der Waals surface area contributed by atoms with Gasteiger partial charge >= 0.3 is 0 Å². The van der Waals surface area contributed by atoms with E-state index in [0.717, 1.165) is 0 Å². The molecule has 3 N–H and O–H groups in total. The van der Waals surface area contributed by atoms with Crippen LogP contribution < -0.4 is 11.1 Å². The third-order valence-electron chi connectivity index (χ3n) is 1.84. The van der Waals surface area contributed by atoms with Crippen LogP contribution in [0.3, 0.4) is 0 Å². The number of hydrogen-bond acceptors (Lipinski definition) is 4. The van der Waals surface area contributed by atoms with Gasteiger partial charge in [0.25, 0.3) is 0 Å². The summed E-state index contributed by atoms with van der Waals surface area (Å²) in [7, 11) is 0. The van der Waals surface area contributed by atoms with Crippen LogP contribution in [-0.2, 0) is 0 Å². The molecule has 5 heteroatoms. The van der Waals surface area contributed by atoms with Crippen molar-refractivity contribution in [3.05, 3.63) is 41.7 Å². The van der Waals surface area contributed by atoms with Crippen molar-refractivity contribution in [2.24, 2.45) is 0 Å². The van der Waals surface area contributed by atoms with Crippen molar-refractivity contribution in [1.82, 2.24) is 9.97 Å². The van der Waals surface area contributed by atoms with E-state index >= 15 is 0 Å². The molecular formula is C10H9ClN4. The van der Waals surface area contributed by atoms with Crippen LogP contribution in [0.2, 0.25) is 5.02 Å². The molecule has 0 amide bonds. The van der Waals surface area contributed by atoms with E-state index in [0.29, 0.717) is 22.3 Å². The molecule has 0 spiro atoms. The fourth-order valence-electron chi connectivity index (χ4n) is 1.13. The van der Waals surface area contributed by atoms with Crippen molar-refractivity contribution in [1.29, 1.82) is 0 Å². The first-order valence-corrected chi connectivity index (χ1v) is 4.73. The van der Waals surface area contributed by atoms with Crippen molar-refractivity contribution in [3.8, 4) is 0 Å². The number of rotatable bonds is 2. The molecule has 1 aromatic heterocycles. The normalized spacial score (nSPS) is 9.93. The molecule has 2 aromatic rings. The Bertz CT molecular complexity index is 458. The standard InChI is InChI=1S/C10H9ClN4/c11-9-7(12)3-1-4-8(9)15-10-13-5-2-6-14-10/h1-6H,12H2,(H,13,14,15). The first kappa shape index (κ1) is 9.73. The first-order valence-electron chi connectivity index (χ1n) is 4.35. The summed E-state index contributed by atoms with van der Waals surface area (Å²) in [6.45, 7) is 0. The molecule has 76 valence electrons. The van der Waals surface area contributed by atoms with Gasteiger partial charge in [0.05, 0.1) is 16.4 Å². The molecule has 0 atom stereocenters. The zero-order valence-electron chi connectivity index (χ0n) is 7.81. The van der Waals surface area contributed by atoms with Gasteiger partial charge in [0.1, 0.15) is 0 Å². The van der Waals surface area contributed by atoms with Crippen molar-refractivity contribution < 1.29 is 0 Å². The first-order chi connectivity index (χ1) is 7.27. The van der Waals surface area contributed by atoms with Crippen molar-refractivity contribution in [3.63, 3.8) is 0 Å². The van der Waals surface area contributed by atoms with Crippen LogP contribution in [0.5, 0.6) is 0 Å². The average Bonchev–Trinajstić information content (AvgIpc) is 2.26. The molecule has 0 saturated heterocycles. The monoisotopic (exact) mass is 220 g/mol. The lowest BCUT2D eigenvalue weighted by atomic mass is 10.3. The molecule has 0 bridgehead atoms. The molecular weight excluding hydrogens is 212 g/mol. The van der Waals surface area contributed by atoms with Crippen LogP contribution in [0, 0.1) is 0 Å². The second-order valence-electron chi connectivity index (χ2n) is 2.91. The van der Waals surface area contributed by atoms with Gasteiger partial charge in [-0.15, -0.1) is 0 Å². The zero-order chi connectivity index (χ0) is 10.7. The molecule has 4 nitrogen and oxygen atoms in total. The highest BCUT2D eigenvalue weighted by Gasteiger charge is 2.03. The lowest BCUT2D eigenvalue weighted by molar-refractivity contribution is 1.17. The lowest BCUT2D eigenvalue weighted by Gasteiger charge is -2.07. The number of nitrogens with two attached hydrogens (primary N) is 1. The lowest BCUT2D eigenvalue weighted by Crippen LogP contribution is -1.97. The van der Waals surface area contributed by atoms with Gasteiger partial charge in [-0.25, -0.2) is 9.97 Å². The van der Waals surface area contributed by atoms with Crippen molar-refractivity contribution in [2.45, 2.75) is 0 Å². The Morgan fingerprint density at radius 2 is 1.87 bits per heavy atom. The van der Waals surface area contributed by atoms with Gasteiger partial charge in [-0.1, -0.05) is 17.7 Å². The minimum absolute atomic E-state index is 0.477. The van der Waals surface area contributed by atoms with Gasteiger partial charge in [0.2, 0.25) is 5.95 Å². The van der Waals surface area contributed by atoms with Gasteiger partial charge in [-0.3, -0.25) is 0 Å². The van der Waals surface area contributed by atoms with Gasteiger partial charge in [0.15, 0.2) is 0 Å². The summed E-state index contributed by atoms with van der Waals surface area (Å²) >= 11 is 6.00. The maximum Gasteiger partial charge on any atom is 0.227 e. The Labute approximate surface area is 92.1 Å². The van der Waals surface area contributed by atoms with Gasteiger partial charge in [-0.05, 0) is 18.2 Å². The Morgan fingerprint density at radius 1 is 1.13 bits per heavy atom. The minimum atomic E-state index is 0.477. The van der Waals surface area contributed by atoms with Crippen LogP contribution in [-0.4, -0.2) is 9.97 Å². The van der Waals surface area contributed by atoms with E-state index in [9.17, 15) is 0 Å². The summed E-state index contributed by atoms with van der Waals surface area (Å²) < 4.78 is 0. The molecule has 0 fully saturated rings. The zero-order valence-corrected chi connectivity index (χ0v) is 8.57. The van der Waals surface area contributed by atoms with Crippen molar-refractivity contribution in [2.75, 3.05) is 11.1 Å². The molecule has 1 heterocycles. The molecule has 0 unspecified atom stereocenters. The van der Waals surface area contributed by atoms with Gasteiger partial charge in [-0.2, -0.15) is 0 Å². The van der Waals surface area contributed by atoms with E-state index in [-0.39, 0.29) is 0 Å². The van der Waals surface area contributed by atoms with Crippen LogP contribution in [0.4, 0.5) is 17.3 Å². The number of hydrogen-bond donors (Lipinski definition) is 2. The topological polar surface area (TPSA) is 63.8 Å². The third-order valence-corrected chi connectivity index (χ3v) is 2.26. The Morgan fingerprint density at radius 3 is 2.60 bits per heavy atom. The molecule has 0 aliphatic carbocycles. The largest absolute Gasteiger partial charge is 0.397 e. The SMILES string of the molecule is Nc1cccc(Nc2ncccn2)c1Cl. The summed E-state index contributed by atoms with van der Waals surface area (Å²) in [4.78, 5) is 8.05. The molecule has 0 saturated carbocycles. The van der Waals surface area contributed by atoms with Gasteiger partial charge < -0.3 is 11.1 Å². The smallest absolute Gasteiger partial charge is 0.227 e. The minimum Gasteiger partial charge on any atom is -0.397 e. The highest BCUT2D eigenvalue weighted by atomic mass is 35.5.